The van der Waals surface area contributed by atoms with Gasteiger partial charge in [-0.3, -0.25) is 34.2 Å². The number of amides is 2. The molecule has 0 saturated carbocycles. The van der Waals surface area contributed by atoms with E-state index in [1.807, 2.05) is 6.08 Å². The number of benzene rings is 2. The minimum Gasteiger partial charge on any atom is -0.508 e. The van der Waals surface area contributed by atoms with E-state index in [0.29, 0.717) is 15.6 Å². The van der Waals surface area contributed by atoms with Crippen molar-refractivity contribution >= 4 is 66.6 Å². The number of carbonyl (C=O) groups is 4. The number of anilines is 1. The van der Waals surface area contributed by atoms with Crippen LogP contribution in [-0.4, -0.2) is 33.4 Å². The number of nitrogens with zero attached hydrogens (tertiary/aromatic N) is 2. The Morgan fingerprint density at radius 1 is 0.974 bits per heavy atom. The van der Waals surface area contributed by atoms with Gasteiger partial charge >= 0.3 is 0 Å². The van der Waals surface area contributed by atoms with Crippen LogP contribution in [0.5, 0.6) is 5.75 Å². The standard InChI is InChI=1S/C28H18Br2N2O7/c29-12-1-8-21(33)18(9-12)23-15-6-7-16-24(17(15)10-19-25(23)22(34)11-20(30)26(19)35)28(37)31(27(16)36)13-2-4-14(5-3-13)32(38)39/h1-6,8-9,11,16-17,23-24,33H,7,10H2. The molecule has 4 atom stereocenters. The van der Waals surface area contributed by atoms with Crippen molar-refractivity contribution < 1.29 is 29.2 Å². The molecule has 1 saturated heterocycles. The summed E-state index contributed by atoms with van der Waals surface area (Å²) in [5.74, 6) is -4.49. The second-order valence-electron chi connectivity index (χ2n) is 9.88. The first-order valence-electron chi connectivity index (χ1n) is 12.1. The number of nitro groups is 1. The number of non-ortho nitro benzene ring substituents is 1. The van der Waals surface area contributed by atoms with Gasteiger partial charge in [0, 0.05) is 45.3 Å². The summed E-state index contributed by atoms with van der Waals surface area (Å²) in [7, 11) is 0. The van der Waals surface area contributed by atoms with E-state index in [9.17, 15) is 34.4 Å². The normalized spacial score (nSPS) is 26.2. The van der Waals surface area contributed by atoms with E-state index in [-0.39, 0.29) is 57.2 Å². The average Bonchev–Trinajstić information content (AvgIpc) is 3.17. The molecule has 0 bridgehead atoms. The number of hydrogen-bond acceptors (Lipinski definition) is 7. The molecule has 9 nitrogen and oxygen atoms in total. The van der Waals surface area contributed by atoms with Crippen LogP contribution in [0.4, 0.5) is 11.4 Å². The second-order valence-corrected chi connectivity index (χ2v) is 11.7. The number of ketones is 2. The molecular formula is C28H18Br2N2O7. The maximum absolute atomic E-state index is 13.9. The Kier molecular flexibility index (Phi) is 6.03. The Morgan fingerprint density at radius 3 is 2.38 bits per heavy atom. The quantitative estimate of drug-likeness (QED) is 0.161. The van der Waals surface area contributed by atoms with E-state index in [1.54, 1.807) is 12.1 Å². The molecule has 11 heteroatoms. The van der Waals surface area contributed by atoms with Crippen LogP contribution < -0.4 is 4.90 Å². The number of carbonyl (C=O) groups excluding carboxylic acids is 4. The molecule has 4 aliphatic rings. The lowest BCUT2D eigenvalue weighted by Crippen LogP contribution is -2.39. The fourth-order valence-electron chi connectivity index (χ4n) is 6.30. The van der Waals surface area contributed by atoms with Gasteiger partial charge in [0.15, 0.2) is 11.6 Å². The molecule has 6 rings (SSSR count). The summed E-state index contributed by atoms with van der Waals surface area (Å²) >= 11 is 6.61. The summed E-state index contributed by atoms with van der Waals surface area (Å²) in [6.07, 6.45) is 3.42. The third-order valence-electron chi connectivity index (χ3n) is 7.95. The Hall–Kier alpha value is -3.70. The highest BCUT2D eigenvalue weighted by atomic mass is 79.9. The lowest BCUT2D eigenvalue weighted by molar-refractivity contribution is -0.384. The number of phenolic OH excluding ortho intramolecular Hbond substituents is 1. The summed E-state index contributed by atoms with van der Waals surface area (Å²) in [6.45, 7) is 0. The average molecular weight is 654 g/mol. The predicted octanol–water partition coefficient (Wildman–Crippen LogP) is 5.03. The highest BCUT2D eigenvalue weighted by molar-refractivity contribution is 9.12. The maximum Gasteiger partial charge on any atom is 0.269 e. The van der Waals surface area contributed by atoms with Crippen LogP contribution in [0, 0.1) is 27.9 Å². The van der Waals surface area contributed by atoms with Crippen molar-refractivity contribution in [3.05, 3.63) is 96.0 Å². The summed E-state index contributed by atoms with van der Waals surface area (Å²) in [5, 5.41) is 21.9. The van der Waals surface area contributed by atoms with Gasteiger partial charge < -0.3 is 5.11 Å². The minimum atomic E-state index is -0.800. The van der Waals surface area contributed by atoms with Crippen molar-refractivity contribution in [3.8, 4) is 5.75 Å². The molecule has 1 fully saturated rings. The number of halogens is 2. The van der Waals surface area contributed by atoms with Crippen LogP contribution in [0.15, 0.2) is 80.3 Å². The van der Waals surface area contributed by atoms with E-state index in [2.05, 4.69) is 31.9 Å². The third kappa shape index (κ3) is 3.86. The first-order valence-corrected chi connectivity index (χ1v) is 13.7. The van der Waals surface area contributed by atoms with Gasteiger partial charge in [0.05, 0.1) is 26.9 Å². The van der Waals surface area contributed by atoms with Gasteiger partial charge in [-0.1, -0.05) is 27.6 Å². The predicted molar refractivity (Wildman–Crippen MR) is 146 cm³/mol. The SMILES string of the molecule is O=C1C=C(Br)C(=O)C2=C1C(c1cc(Br)ccc1O)C1=CCC3C(=O)N(c4ccc([N+](=O)[O-])cc4)C(=O)C3C1C2. The highest BCUT2D eigenvalue weighted by Crippen LogP contribution is 2.56. The van der Waals surface area contributed by atoms with Gasteiger partial charge in [0.2, 0.25) is 11.8 Å². The van der Waals surface area contributed by atoms with Gasteiger partial charge in [0.1, 0.15) is 5.75 Å². The monoisotopic (exact) mass is 652 g/mol. The first-order chi connectivity index (χ1) is 18.6. The lowest BCUT2D eigenvalue weighted by atomic mass is 9.59. The number of rotatable bonds is 3. The smallest absolute Gasteiger partial charge is 0.269 e. The molecule has 4 unspecified atom stereocenters. The summed E-state index contributed by atoms with van der Waals surface area (Å²) < 4.78 is 0.779. The molecule has 0 aromatic heterocycles. The van der Waals surface area contributed by atoms with Crippen molar-refractivity contribution in [2.75, 3.05) is 4.90 Å². The highest BCUT2D eigenvalue weighted by Gasteiger charge is 2.57. The second kappa shape index (κ2) is 9.20. The van der Waals surface area contributed by atoms with Crippen molar-refractivity contribution in [1.82, 2.24) is 0 Å². The number of hydrogen-bond donors (Lipinski definition) is 1. The van der Waals surface area contributed by atoms with E-state index >= 15 is 0 Å². The lowest BCUT2D eigenvalue weighted by Gasteiger charge is -2.42. The van der Waals surface area contributed by atoms with Crippen LogP contribution >= 0.6 is 31.9 Å². The molecule has 0 spiro atoms. The van der Waals surface area contributed by atoms with Crippen LogP contribution in [0.2, 0.25) is 0 Å². The number of Topliss-reactive ketones (excluding diaryl/α,β-unsaturated/α-hetero) is 1. The third-order valence-corrected chi connectivity index (χ3v) is 9.03. The topological polar surface area (TPSA) is 135 Å². The Bertz CT molecular complexity index is 1620. The van der Waals surface area contributed by atoms with E-state index in [0.717, 1.165) is 4.90 Å². The molecule has 3 aliphatic carbocycles. The number of nitro benzene ring substituents is 1. The molecule has 1 N–H and O–H groups in total. The zero-order valence-corrected chi connectivity index (χ0v) is 23.1. The van der Waals surface area contributed by atoms with Gasteiger partial charge in [-0.05, 0) is 65.0 Å². The Labute approximate surface area is 238 Å². The van der Waals surface area contributed by atoms with Crippen molar-refractivity contribution in [2.45, 2.75) is 18.8 Å². The van der Waals surface area contributed by atoms with E-state index in [4.69, 9.17) is 0 Å². The summed E-state index contributed by atoms with van der Waals surface area (Å²) in [6, 6.07) is 10.1. The van der Waals surface area contributed by atoms with E-state index in [1.165, 1.54) is 36.4 Å². The maximum atomic E-state index is 13.9. The van der Waals surface area contributed by atoms with Crippen molar-refractivity contribution in [2.24, 2.45) is 17.8 Å². The number of allylic oxidation sites excluding steroid dienone is 6. The Morgan fingerprint density at radius 2 is 1.69 bits per heavy atom. The van der Waals surface area contributed by atoms with Crippen LogP contribution in [0.3, 0.4) is 0 Å². The zero-order valence-electron chi connectivity index (χ0n) is 20.0. The largest absolute Gasteiger partial charge is 0.508 e. The van der Waals surface area contributed by atoms with Crippen molar-refractivity contribution in [1.29, 1.82) is 0 Å². The molecule has 196 valence electrons. The Balaban J connectivity index is 1.47. The summed E-state index contributed by atoms with van der Waals surface area (Å²) in [4.78, 5) is 65.5. The minimum absolute atomic E-state index is 0.0612. The molecule has 2 aromatic rings. The van der Waals surface area contributed by atoms with Gasteiger partial charge in [0.25, 0.3) is 5.69 Å². The molecule has 1 heterocycles. The fraction of sp³-hybridized carbons (Fsp3) is 0.214. The molecule has 2 amide bonds. The van der Waals surface area contributed by atoms with Crippen molar-refractivity contribution in [3.63, 3.8) is 0 Å². The van der Waals surface area contributed by atoms with Gasteiger partial charge in [-0.25, -0.2) is 0 Å². The van der Waals surface area contributed by atoms with Crippen LogP contribution in [-0.2, 0) is 19.2 Å². The fourth-order valence-corrected chi connectivity index (χ4v) is 7.12. The number of imide groups is 1. The van der Waals surface area contributed by atoms with Crippen LogP contribution in [0.1, 0.15) is 24.3 Å². The molecule has 1 aliphatic heterocycles. The first kappa shape index (κ1) is 25.6. The number of fused-ring (bicyclic) bond motifs is 3. The van der Waals surface area contributed by atoms with Gasteiger partial charge in [-0.15, -0.1) is 0 Å². The number of aromatic hydroxyl groups is 1. The summed E-state index contributed by atoms with van der Waals surface area (Å²) in [5.41, 5.74) is 1.72. The van der Waals surface area contributed by atoms with Crippen LogP contribution in [0.25, 0.3) is 0 Å². The molecular weight excluding hydrogens is 636 g/mol. The van der Waals surface area contributed by atoms with Gasteiger partial charge in [-0.2, -0.15) is 0 Å². The number of phenols is 1. The molecule has 0 radical (unpaired) electrons. The zero-order chi connectivity index (χ0) is 27.7. The van der Waals surface area contributed by atoms with E-state index < -0.39 is 40.4 Å². The molecule has 39 heavy (non-hydrogen) atoms. The molecule has 2 aromatic carbocycles.